The summed E-state index contributed by atoms with van der Waals surface area (Å²) in [4.78, 5) is 0. The number of aryl methyl sites for hydroxylation is 1. The molecule has 0 spiro atoms. The van der Waals surface area contributed by atoms with Crippen LogP contribution in [0.5, 0.6) is 0 Å². The van der Waals surface area contributed by atoms with E-state index in [0.29, 0.717) is 6.61 Å². The maximum absolute atomic E-state index is 12.4. The van der Waals surface area contributed by atoms with Crippen LogP contribution in [0.4, 0.5) is 0 Å². The summed E-state index contributed by atoms with van der Waals surface area (Å²) in [6, 6.07) is 4.35. The summed E-state index contributed by atoms with van der Waals surface area (Å²) in [5.74, 6) is 0. The first-order valence-electron chi connectivity index (χ1n) is 7.24. The van der Waals surface area contributed by atoms with Crippen molar-refractivity contribution in [2.45, 2.75) is 66.2 Å². The molecule has 20 heavy (non-hydrogen) atoms. The van der Waals surface area contributed by atoms with Crippen molar-refractivity contribution in [1.82, 2.24) is 0 Å². The van der Waals surface area contributed by atoms with Crippen molar-refractivity contribution in [3.8, 4) is 0 Å². The summed E-state index contributed by atoms with van der Waals surface area (Å²) < 4.78 is 17.8. The van der Waals surface area contributed by atoms with Crippen LogP contribution in [0, 0.1) is 6.92 Å². The van der Waals surface area contributed by atoms with Gasteiger partial charge in [-0.1, -0.05) is 53.7 Å². The monoisotopic (exact) mass is 295 g/mol. The van der Waals surface area contributed by atoms with Gasteiger partial charge in [0.2, 0.25) is 5.30 Å². The minimum atomic E-state index is -1.78. The molecule has 3 heteroatoms. The van der Waals surface area contributed by atoms with Crippen LogP contribution in [0.3, 0.4) is 0 Å². The van der Waals surface area contributed by atoms with Gasteiger partial charge in [0.05, 0.1) is 0 Å². The second-order valence-corrected chi connectivity index (χ2v) is 8.58. The van der Waals surface area contributed by atoms with E-state index in [4.69, 9.17) is 4.52 Å². The van der Waals surface area contributed by atoms with Gasteiger partial charge in [-0.2, -0.15) is 0 Å². The molecule has 0 aromatic heterocycles. The minimum Gasteiger partial charge on any atom is -0.142 e. The second-order valence-electron chi connectivity index (χ2n) is 7.36. The SMILES string of the molecule is CCO[P+](=O)c1c(C)cc(C(C)(C)C)cc1C(C)(C)C. The average molecular weight is 295 g/mol. The second kappa shape index (κ2) is 5.95. The third-order valence-electron chi connectivity index (χ3n) is 3.40. The molecule has 0 amide bonds. The summed E-state index contributed by atoms with van der Waals surface area (Å²) in [6.07, 6.45) is 0. The molecule has 2 nitrogen and oxygen atoms in total. The Hall–Kier alpha value is -0.720. The van der Waals surface area contributed by atoms with Crippen LogP contribution in [0.1, 0.15) is 65.2 Å². The van der Waals surface area contributed by atoms with Gasteiger partial charge in [0.15, 0.2) is 0 Å². The van der Waals surface area contributed by atoms with E-state index < -0.39 is 8.03 Å². The maximum Gasteiger partial charge on any atom is 0.549 e. The molecule has 1 aromatic carbocycles. The molecule has 1 rings (SSSR count). The van der Waals surface area contributed by atoms with Crippen molar-refractivity contribution < 1.29 is 9.09 Å². The van der Waals surface area contributed by atoms with Gasteiger partial charge in [-0.05, 0) is 34.8 Å². The van der Waals surface area contributed by atoms with Crippen LogP contribution in [-0.2, 0) is 19.9 Å². The van der Waals surface area contributed by atoms with E-state index in [1.165, 1.54) is 5.56 Å². The summed E-state index contributed by atoms with van der Waals surface area (Å²) in [5, 5.41) is 0.877. The molecule has 0 N–H and O–H groups in total. The fourth-order valence-electron chi connectivity index (χ4n) is 2.21. The van der Waals surface area contributed by atoms with Crippen LogP contribution < -0.4 is 5.30 Å². The Bertz CT molecular complexity index is 505. The van der Waals surface area contributed by atoms with Crippen molar-refractivity contribution in [1.29, 1.82) is 0 Å². The van der Waals surface area contributed by atoms with Crippen molar-refractivity contribution in [3.63, 3.8) is 0 Å². The summed E-state index contributed by atoms with van der Waals surface area (Å²) in [7, 11) is -1.78. The van der Waals surface area contributed by atoms with Gasteiger partial charge in [-0.25, -0.2) is 0 Å². The Balaban J connectivity index is 3.56. The van der Waals surface area contributed by atoms with Crippen molar-refractivity contribution in [2.75, 3.05) is 6.61 Å². The normalized spacial score (nSPS) is 13.5. The van der Waals surface area contributed by atoms with Gasteiger partial charge in [0, 0.05) is 11.1 Å². The van der Waals surface area contributed by atoms with E-state index in [9.17, 15) is 4.57 Å². The van der Waals surface area contributed by atoms with Crippen molar-refractivity contribution >= 4 is 13.3 Å². The zero-order valence-corrected chi connectivity index (χ0v) is 15.0. The molecule has 1 atom stereocenters. The van der Waals surface area contributed by atoms with E-state index >= 15 is 0 Å². The quantitative estimate of drug-likeness (QED) is 0.734. The van der Waals surface area contributed by atoms with Crippen LogP contribution in [0.25, 0.3) is 0 Å². The Kier molecular flexibility index (Phi) is 5.16. The Morgan fingerprint density at radius 3 is 2.00 bits per heavy atom. The fourth-order valence-corrected chi connectivity index (χ4v) is 3.52. The molecule has 0 aliphatic carbocycles. The molecule has 1 unspecified atom stereocenters. The Morgan fingerprint density at radius 1 is 1.05 bits per heavy atom. The Labute approximate surface area is 124 Å². The topological polar surface area (TPSA) is 26.3 Å². The van der Waals surface area contributed by atoms with Crippen LogP contribution in [-0.4, -0.2) is 6.61 Å². The van der Waals surface area contributed by atoms with Gasteiger partial charge in [-0.3, -0.25) is 0 Å². The predicted octanol–water partition coefficient (Wildman–Crippen LogP) is 4.99. The Morgan fingerprint density at radius 2 is 1.60 bits per heavy atom. The lowest BCUT2D eigenvalue weighted by Gasteiger charge is -2.25. The van der Waals surface area contributed by atoms with E-state index in [-0.39, 0.29) is 10.8 Å². The standard InChI is InChI=1S/C17H28O2P/c1-9-19-20(18)15-12(2)10-13(16(3,4)5)11-14(15)17(6,7)8/h10-11H,9H2,1-8H3/q+1. The molecule has 0 fully saturated rings. The average Bonchev–Trinajstić information content (AvgIpc) is 2.25. The lowest BCUT2D eigenvalue weighted by atomic mass is 9.79. The number of rotatable bonds is 3. The van der Waals surface area contributed by atoms with E-state index in [1.807, 2.05) is 13.8 Å². The van der Waals surface area contributed by atoms with Crippen molar-refractivity contribution in [3.05, 3.63) is 28.8 Å². The molecule has 0 radical (unpaired) electrons. The molecular weight excluding hydrogens is 267 g/mol. The number of hydrogen-bond donors (Lipinski definition) is 0. The van der Waals surface area contributed by atoms with Gasteiger partial charge >= 0.3 is 8.03 Å². The summed E-state index contributed by atoms with van der Waals surface area (Å²) >= 11 is 0. The highest BCUT2D eigenvalue weighted by molar-refractivity contribution is 7.48. The van der Waals surface area contributed by atoms with Crippen LogP contribution in [0.2, 0.25) is 0 Å². The molecular formula is C17H28O2P+. The van der Waals surface area contributed by atoms with E-state index in [1.54, 1.807) is 0 Å². The zero-order chi connectivity index (χ0) is 15.7. The summed E-state index contributed by atoms with van der Waals surface area (Å²) in [6.45, 7) is 17.5. The molecule has 0 aliphatic heterocycles. The zero-order valence-electron chi connectivity index (χ0n) is 14.1. The highest BCUT2D eigenvalue weighted by atomic mass is 31.1. The molecule has 112 valence electrons. The number of hydrogen-bond acceptors (Lipinski definition) is 2. The molecule has 0 saturated carbocycles. The van der Waals surface area contributed by atoms with Gasteiger partial charge in [0.25, 0.3) is 0 Å². The van der Waals surface area contributed by atoms with Crippen molar-refractivity contribution in [2.24, 2.45) is 0 Å². The lowest BCUT2D eigenvalue weighted by Crippen LogP contribution is -2.25. The third-order valence-corrected chi connectivity index (χ3v) is 4.85. The first kappa shape index (κ1) is 17.3. The first-order valence-corrected chi connectivity index (χ1v) is 8.42. The smallest absolute Gasteiger partial charge is 0.142 e. The van der Waals surface area contributed by atoms with Gasteiger partial charge < -0.3 is 0 Å². The van der Waals surface area contributed by atoms with E-state index in [2.05, 4.69) is 53.7 Å². The fraction of sp³-hybridized carbons (Fsp3) is 0.647. The van der Waals surface area contributed by atoms with Crippen LogP contribution in [0.15, 0.2) is 12.1 Å². The largest absolute Gasteiger partial charge is 0.549 e. The molecule has 0 saturated heterocycles. The van der Waals surface area contributed by atoms with Gasteiger partial charge in [0.1, 0.15) is 6.61 Å². The van der Waals surface area contributed by atoms with Gasteiger partial charge in [-0.15, -0.1) is 4.52 Å². The first-order chi connectivity index (χ1) is 8.98. The third kappa shape index (κ3) is 3.90. The molecule has 0 heterocycles. The molecule has 0 aliphatic rings. The highest BCUT2D eigenvalue weighted by Gasteiger charge is 2.35. The summed E-state index contributed by atoms with van der Waals surface area (Å²) in [5.41, 5.74) is 3.52. The highest BCUT2D eigenvalue weighted by Crippen LogP contribution is 2.35. The predicted molar refractivity (Wildman–Crippen MR) is 87.4 cm³/mol. The molecule has 0 bridgehead atoms. The van der Waals surface area contributed by atoms with Crippen LogP contribution >= 0.6 is 8.03 Å². The molecule has 1 aromatic rings. The minimum absolute atomic E-state index is 0.0521. The van der Waals surface area contributed by atoms with E-state index in [0.717, 1.165) is 16.4 Å². The lowest BCUT2D eigenvalue weighted by molar-refractivity contribution is 0.356. The number of benzene rings is 1. The maximum atomic E-state index is 12.4.